The molecule has 0 radical (unpaired) electrons. The number of likely N-dealkylation sites (tertiary alicyclic amines) is 1. The van der Waals surface area contributed by atoms with E-state index in [9.17, 15) is 0 Å². The molecule has 1 aliphatic heterocycles. The molecule has 0 aliphatic carbocycles. The number of tetrazole rings is 1. The second kappa shape index (κ2) is 4.24. The molecular formula is C9H18N6. The van der Waals surface area contributed by atoms with Gasteiger partial charge in [-0.15, -0.1) is 10.2 Å². The van der Waals surface area contributed by atoms with Crippen LogP contribution in [0.3, 0.4) is 0 Å². The summed E-state index contributed by atoms with van der Waals surface area (Å²) in [6.07, 6.45) is 1.18. The van der Waals surface area contributed by atoms with Crippen LogP contribution in [0.4, 0.5) is 0 Å². The predicted octanol–water partition coefficient (Wildman–Crippen LogP) is -0.621. The molecule has 1 fully saturated rings. The lowest BCUT2D eigenvalue weighted by molar-refractivity contribution is 0.249. The van der Waals surface area contributed by atoms with Crippen molar-refractivity contribution in [3.05, 3.63) is 5.82 Å². The zero-order chi connectivity index (χ0) is 10.8. The molecule has 84 valence electrons. The van der Waals surface area contributed by atoms with Crippen LogP contribution in [-0.2, 0) is 13.6 Å². The molecule has 0 saturated carbocycles. The lowest BCUT2D eigenvalue weighted by atomic mass is 10.1. The van der Waals surface area contributed by atoms with Crippen LogP contribution >= 0.6 is 0 Å². The summed E-state index contributed by atoms with van der Waals surface area (Å²) in [7, 11) is 1.78. The van der Waals surface area contributed by atoms with E-state index in [0.29, 0.717) is 12.0 Å². The van der Waals surface area contributed by atoms with E-state index in [2.05, 4.69) is 27.2 Å². The Bertz CT molecular complexity index is 322. The van der Waals surface area contributed by atoms with E-state index in [-0.39, 0.29) is 0 Å². The highest BCUT2D eigenvalue weighted by atomic mass is 15.6. The van der Waals surface area contributed by atoms with E-state index >= 15 is 0 Å². The summed E-state index contributed by atoms with van der Waals surface area (Å²) in [5.41, 5.74) is 5.68. The first kappa shape index (κ1) is 10.5. The van der Waals surface area contributed by atoms with Crippen molar-refractivity contribution in [3.63, 3.8) is 0 Å². The number of hydrogen-bond acceptors (Lipinski definition) is 5. The van der Waals surface area contributed by atoms with E-state index in [1.165, 1.54) is 11.2 Å². The van der Waals surface area contributed by atoms with Gasteiger partial charge in [-0.2, -0.15) is 4.80 Å². The fourth-order valence-electron chi connectivity index (χ4n) is 2.18. The average Bonchev–Trinajstić information content (AvgIpc) is 2.75. The monoisotopic (exact) mass is 210 g/mol. The van der Waals surface area contributed by atoms with E-state index < -0.39 is 0 Å². The van der Waals surface area contributed by atoms with Crippen LogP contribution in [0.1, 0.15) is 19.2 Å². The molecule has 0 amide bonds. The van der Waals surface area contributed by atoms with Gasteiger partial charge < -0.3 is 5.73 Å². The van der Waals surface area contributed by atoms with Crippen LogP contribution in [-0.4, -0.2) is 44.2 Å². The number of nitrogens with two attached hydrogens (primary N) is 1. The average molecular weight is 210 g/mol. The maximum absolute atomic E-state index is 5.68. The molecule has 2 unspecified atom stereocenters. The molecule has 6 nitrogen and oxygen atoms in total. The molecule has 1 aliphatic rings. The standard InChI is InChI=1S/C9H18N6/c1-7-3-8(4-10)5-15(7)6-9-11-13-14(2)12-9/h7-8H,3-6,10H2,1-2H3. The number of rotatable bonds is 3. The molecule has 2 rings (SSSR count). The maximum atomic E-state index is 5.68. The minimum absolute atomic E-state index is 0.572. The van der Waals surface area contributed by atoms with Gasteiger partial charge in [-0.3, -0.25) is 4.90 Å². The van der Waals surface area contributed by atoms with Crippen molar-refractivity contribution in [1.82, 2.24) is 25.1 Å². The van der Waals surface area contributed by atoms with Gasteiger partial charge in [0.2, 0.25) is 0 Å². The van der Waals surface area contributed by atoms with Crippen molar-refractivity contribution >= 4 is 0 Å². The third-order valence-electron chi connectivity index (χ3n) is 3.02. The number of hydrogen-bond donors (Lipinski definition) is 1. The summed E-state index contributed by atoms with van der Waals surface area (Å²) in [4.78, 5) is 3.87. The van der Waals surface area contributed by atoms with Crippen LogP contribution in [0.15, 0.2) is 0 Å². The molecule has 2 atom stereocenters. The molecule has 2 heterocycles. The van der Waals surface area contributed by atoms with Crippen LogP contribution < -0.4 is 5.73 Å². The lowest BCUT2D eigenvalue weighted by Gasteiger charge is -2.18. The molecule has 1 aromatic heterocycles. The normalized spacial score (nSPS) is 27.4. The van der Waals surface area contributed by atoms with Gasteiger partial charge in [-0.1, -0.05) is 0 Å². The Morgan fingerprint density at radius 2 is 2.33 bits per heavy atom. The first-order valence-electron chi connectivity index (χ1n) is 5.36. The first-order valence-corrected chi connectivity index (χ1v) is 5.36. The smallest absolute Gasteiger partial charge is 0.188 e. The summed E-state index contributed by atoms with van der Waals surface area (Å²) in [6.45, 7) is 4.84. The Morgan fingerprint density at radius 1 is 1.53 bits per heavy atom. The fourth-order valence-corrected chi connectivity index (χ4v) is 2.18. The summed E-state index contributed by atoms with van der Waals surface area (Å²) in [6, 6.07) is 0.572. The summed E-state index contributed by atoms with van der Waals surface area (Å²) < 4.78 is 0. The van der Waals surface area contributed by atoms with Crippen molar-refractivity contribution < 1.29 is 0 Å². The molecule has 1 saturated heterocycles. The van der Waals surface area contributed by atoms with E-state index in [1.807, 2.05) is 0 Å². The highest BCUT2D eigenvalue weighted by molar-refractivity contribution is 4.87. The van der Waals surface area contributed by atoms with Gasteiger partial charge in [0.1, 0.15) is 0 Å². The van der Waals surface area contributed by atoms with Crippen LogP contribution in [0.2, 0.25) is 0 Å². The van der Waals surface area contributed by atoms with E-state index in [1.54, 1.807) is 7.05 Å². The van der Waals surface area contributed by atoms with Gasteiger partial charge in [0.05, 0.1) is 13.6 Å². The molecule has 15 heavy (non-hydrogen) atoms. The Morgan fingerprint density at radius 3 is 2.87 bits per heavy atom. The highest BCUT2D eigenvalue weighted by Gasteiger charge is 2.28. The van der Waals surface area contributed by atoms with Crippen molar-refractivity contribution in [1.29, 1.82) is 0 Å². The highest BCUT2D eigenvalue weighted by Crippen LogP contribution is 2.22. The minimum Gasteiger partial charge on any atom is -0.330 e. The van der Waals surface area contributed by atoms with Crippen LogP contribution in [0.25, 0.3) is 0 Å². The summed E-state index contributed by atoms with van der Waals surface area (Å²) >= 11 is 0. The van der Waals surface area contributed by atoms with Gasteiger partial charge in [0.15, 0.2) is 5.82 Å². The molecule has 6 heteroatoms. The second-order valence-corrected chi connectivity index (χ2v) is 4.31. The molecule has 1 aromatic rings. The Kier molecular flexibility index (Phi) is 2.97. The Balaban J connectivity index is 1.95. The molecule has 2 N–H and O–H groups in total. The molecule has 0 spiro atoms. The van der Waals surface area contributed by atoms with Crippen LogP contribution in [0.5, 0.6) is 0 Å². The largest absolute Gasteiger partial charge is 0.330 e. The quantitative estimate of drug-likeness (QED) is 0.719. The SMILES string of the molecule is CC1CC(CN)CN1Cc1nnn(C)n1. The van der Waals surface area contributed by atoms with Crippen molar-refractivity contribution in [2.75, 3.05) is 13.1 Å². The number of aryl methyl sites for hydroxylation is 1. The summed E-state index contributed by atoms with van der Waals surface area (Å²) in [5.74, 6) is 1.42. The molecule has 0 bridgehead atoms. The van der Waals surface area contributed by atoms with Gasteiger partial charge in [0.25, 0.3) is 0 Å². The summed E-state index contributed by atoms with van der Waals surface area (Å²) in [5, 5.41) is 12.0. The lowest BCUT2D eigenvalue weighted by Crippen LogP contribution is -2.28. The van der Waals surface area contributed by atoms with Gasteiger partial charge >= 0.3 is 0 Å². The fraction of sp³-hybridized carbons (Fsp3) is 0.889. The topological polar surface area (TPSA) is 72.9 Å². The van der Waals surface area contributed by atoms with E-state index in [4.69, 9.17) is 5.73 Å². The zero-order valence-corrected chi connectivity index (χ0v) is 9.30. The third-order valence-corrected chi connectivity index (χ3v) is 3.02. The predicted molar refractivity (Wildman–Crippen MR) is 55.8 cm³/mol. The molecular weight excluding hydrogens is 192 g/mol. The van der Waals surface area contributed by atoms with Crippen molar-refractivity contribution in [3.8, 4) is 0 Å². The van der Waals surface area contributed by atoms with Gasteiger partial charge in [0, 0.05) is 12.6 Å². The first-order chi connectivity index (χ1) is 7.19. The zero-order valence-electron chi connectivity index (χ0n) is 9.30. The third kappa shape index (κ3) is 2.32. The van der Waals surface area contributed by atoms with Crippen LogP contribution in [0, 0.1) is 5.92 Å². The Hall–Kier alpha value is -1.01. The number of aromatic nitrogens is 4. The van der Waals surface area contributed by atoms with Crippen molar-refractivity contribution in [2.24, 2.45) is 18.7 Å². The molecule has 0 aromatic carbocycles. The van der Waals surface area contributed by atoms with Gasteiger partial charge in [-0.05, 0) is 31.0 Å². The van der Waals surface area contributed by atoms with Gasteiger partial charge in [-0.25, -0.2) is 0 Å². The maximum Gasteiger partial charge on any atom is 0.188 e. The van der Waals surface area contributed by atoms with E-state index in [0.717, 1.165) is 25.5 Å². The second-order valence-electron chi connectivity index (χ2n) is 4.31. The van der Waals surface area contributed by atoms with Crippen molar-refractivity contribution in [2.45, 2.75) is 25.9 Å². The minimum atomic E-state index is 0.572. The Labute approximate surface area is 89.4 Å². The number of nitrogens with zero attached hydrogens (tertiary/aromatic N) is 5.